The van der Waals surface area contributed by atoms with E-state index in [1.165, 1.54) is 0 Å². The van der Waals surface area contributed by atoms with Crippen molar-refractivity contribution in [3.8, 4) is 5.75 Å². The maximum Gasteiger partial charge on any atom is 0.295 e. The smallest absolute Gasteiger partial charge is 0.295 e. The highest BCUT2D eigenvalue weighted by atomic mass is 16.5. The van der Waals surface area contributed by atoms with E-state index in [1.807, 2.05) is 20.9 Å². The molecule has 6 nitrogen and oxygen atoms in total. The molecule has 0 aliphatic heterocycles. The van der Waals surface area contributed by atoms with E-state index in [4.69, 9.17) is 14.2 Å². The largest absolute Gasteiger partial charge is 0.497 e. The van der Waals surface area contributed by atoms with E-state index >= 15 is 0 Å². The van der Waals surface area contributed by atoms with Crippen LogP contribution in [0.1, 0.15) is 24.2 Å². The molecule has 0 spiro atoms. The van der Waals surface area contributed by atoms with Gasteiger partial charge in [0.1, 0.15) is 12.4 Å². The molecular formula is C16H24N2O4. The minimum Gasteiger partial charge on any atom is -0.497 e. The Labute approximate surface area is 131 Å². The lowest BCUT2D eigenvalue weighted by Crippen LogP contribution is -2.31. The minimum absolute atomic E-state index is 0.294. The van der Waals surface area contributed by atoms with E-state index in [0.29, 0.717) is 43.7 Å². The zero-order chi connectivity index (χ0) is 16.4. The van der Waals surface area contributed by atoms with Crippen LogP contribution in [-0.2, 0) is 9.47 Å². The fourth-order valence-corrected chi connectivity index (χ4v) is 1.58. The van der Waals surface area contributed by atoms with Crippen LogP contribution in [0.25, 0.3) is 0 Å². The molecule has 0 aliphatic carbocycles. The van der Waals surface area contributed by atoms with Gasteiger partial charge < -0.3 is 19.1 Å². The fourth-order valence-electron chi connectivity index (χ4n) is 1.58. The second-order valence-electron chi connectivity index (χ2n) is 4.49. The lowest BCUT2D eigenvalue weighted by Gasteiger charge is -2.19. The zero-order valence-electron chi connectivity index (χ0n) is 13.7. The normalized spacial score (nSPS) is 11.2. The van der Waals surface area contributed by atoms with Gasteiger partial charge in [0.05, 0.1) is 13.7 Å². The molecule has 0 heterocycles. The summed E-state index contributed by atoms with van der Waals surface area (Å²) >= 11 is 0. The van der Waals surface area contributed by atoms with Gasteiger partial charge in [-0.15, -0.1) is 0 Å². The number of amides is 1. The lowest BCUT2D eigenvalue weighted by atomic mass is 10.2. The van der Waals surface area contributed by atoms with Gasteiger partial charge in [-0.05, 0) is 38.1 Å². The van der Waals surface area contributed by atoms with E-state index < -0.39 is 0 Å². The molecular weight excluding hydrogens is 284 g/mol. The van der Waals surface area contributed by atoms with Gasteiger partial charge >= 0.3 is 0 Å². The molecule has 0 aromatic heterocycles. The highest BCUT2D eigenvalue weighted by Gasteiger charge is 2.11. The van der Waals surface area contributed by atoms with E-state index in [0.717, 1.165) is 0 Å². The Morgan fingerprint density at radius 2 is 1.86 bits per heavy atom. The summed E-state index contributed by atoms with van der Waals surface area (Å²) in [4.78, 5) is 18.0. The van der Waals surface area contributed by atoms with Gasteiger partial charge in [0.15, 0.2) is 0 Å². The van der Waals surface area contributed by atoms with Crippen molar-refractivity contribution >= 4 is 11.9 Å². The summed E-state index contributed by atoms with van der Waals surface area (Å²) < 4.78 is 15.8. The molecule has 6 heteroatoms. The van der Waals surface area contributed by atoms with Crippen molar-refractivity contribution in [2.75, 3.05) is 40.5 Å². The summed E-state index contributed by atoms with van der Waals surface area (Å²) in [5, 5.41) is 0. The number of hydrogen-bond acceptors (Lipinski definition) is 4. The Kier molecular flexibility index (Phi) is 7.99. The van der Waals surface area contributed by atoms with Gasteiger partial charge in [0.2, 0.25) is 0 Å². The molecule has 0 radical (unpaired) electrons. The first kappa shape index (κ1) is 18.0. The summed E-state index contributed by atoms with van der Waals surface area (Å²) in [5.74, 6) is 0.341. The predicted molar refractivity (Wildman–Crippen MR) is 85.5 cm³/mol. The molecule has 0 N–H and O–H groups in total. The van der Waals surface area contributed by atoms with E-state index in [-0.39, 0.29) is 5.91 Å². The van der Waals surface area contributed by atoms with Crippen molar-refractivity contribution in [2.45, 2.75) is 13.8 Å². The van der Waals surface area contributed by atoms with Gasteiger partial charge in [-0.1, -0.05) is 0 Å². The summed E-state index contributed by atoms with van der Waals surface area (Å²) in [6.07, 6.45) is 0. The predicted octanol–water partition coefficient (Wildman–Crippen LogP) is 2.20. The number of carbonyl (C=O) groups is 1. The topological polar surface area (TPSA) is 60.4 Å². The van der Waals surface area contributed by atoms with Gasteiger partial charge in [0, 0.05) is 25.8 Å². The molecule has 0 saturated heterocycles. The Balaban J connectivity index is 2.77. The van der Waals surface area contributed by atoms with Crippen LogP contribution in [0.3, 0.4) is 0 Å². The van der Waals surface area contributed by atoms with Crippen LogP contribution < -0.4 is 4.74 Å². The molecule has 122 valence electrons. The maximum absolute atomic E-state index is 12.2. The number of hydrogen-bond donors (Lipinski definition) is 0. The Bertz CT molecular complexity index is 485. The first-order valence-corrected chi connectivity index (χ1v) is 7.31. The van der Waals surface area contributed by atoms with Crippen LogP contribution >= 0.6 is 0 Å². The molecule has 0 bridgehead atoms. The van der Waals surface area contributed by atoms with Gasteiger partial charge in [-0.3, -0.25) is 4.79 Å². The van der Waals surface area contributed by atoms with Crippen molar-refractivity contribution in [3.63, 3.8) is 0 Å². The SMILES string of the molecule is CCOCCOC(=NC(=O)c1ccc(OC)cc1)N(C)CC. The zero-order valence-corrected chi connectivity index (χ0v) is 13.7. The van der Waals surface area contributed by atoms with Crippen molar-refractivity contribution < 1.29 is 19.0 Å². The standard InChI is InChI=1S/C16H24N2O4/c1-5-18(3)16(22-12-11-21-6-2)17-15(19)13-7-9-14(20-4)10-8-13/h7-10H,5-6,11-12H2,1-4H3. The highest BCUT2D eigenvalue weighted by Crippen LogP contribution is 2.12. The monoisotopic (exact) mass is 308 g/mol. The van der Waals surface area contributed by atoms with Crippen LogP contribution in [0.4, 0.5) is 0 Å². The second kappa shape index (κ2) is 9.78. The lowest BCUT2D eigenvalue weighted by molar-refractivity contribution is 0.0933. The molecule has 1 rings (SSSR count). The van der Waals surface area contributed by atoms with E-state index in [9.17, 15) is 4.79 Å². The molecule has 0 unspecified atom stereocenters. The molecule has 1 amide bonds. The van der Waals surface area contributed by atoms with E-state index in [2.05, 4.69) is 4.99 Å². The van der Waals surface area contributed by atoms with E-state index in [1.54, 1.807) is 36.3 Å². The summed E-state index contributed by atoms with van der Waals surface area (Å²) in [6, 6.07) is 7.09. The molecule has 0 fully saturated rings. The van der Waals surface area contributed by atoms with Crippen LogP contribution in [0.5, 0.6) is 5.75 Å². The third kappa shape index (κ3) is 5.73. The first-order valence-electron chi connectivity index (χ1n) is 7.31. The summed E-state index contributed by atoms with van der Waals surface area (Å²) in [6.45, 7) is 6.00. The van der Waals surface area contributed by atoms with Crippen molar-refractivity contribution in [3.05, 3.63) is 29.8 Å². The third-order valence-electron chi connectivity index (χ3n) is 3.00. The summed E-state index contributed by atoms with van der Waals surface area (Å²) in [7, 11) is 3.40. The van der Waals surface area contributed by atoms with Crippen LogP contribution in [0.2, 0.25) is 0 Å². The molecule has 0 atom stereocenters. The van der Waals surface area contributed by atoms with Crippen molar-refractivity contribution in [2.24, 2.45) is 4.99 Å². The van der Waals surface area contributed by atoms with Gasteiger partial charge in [-0.2, -0.15) is 4.99 Å². The van der Waals surface area contributed by atoms with Crippen molar-refractivity contribution in [1.29, 1.82) is 0 Å². The third-order valence-corrected chi connectivity index (χ3v) is 3.00. The van der Waals surface area contributed by atoms with Crippen LogP contribution in [0, 0.1) is 0 Å². The second-order valence-corrected chi connectivity index (χ2v) is 4.49. The fraction of sp³-hybridized carbons (Fsp3) is 0.500. The number of ether oxygens (including phenoxy) is 3. The number of nitrogens with zero attached hydrogens (tertiary/aromatic N) is 2. The number of rotatable bonds is 7. The van der Waals surface area contributed by atoms with Crippen LogP contribution in [0.15, 0.2) is 29.3 Å². The number of amidine groups is 1. The summed E-state index contributed by atoms with van der Waals surface area (Å²) in [5.41, 5.74) is 0.483. The quantitative estimate of drug-likeness (QED) is 0.439. The van der Waals surface area contributed by atoms with Crippen LogP contribution in [-0.4, -0.2) is 57.4 Å². The average molecular weight is 308 g/mol. The molecule has 0 aliphatic rings. The Morgan fingerprint density at radius 3 is 2.41 bits per heavy atom. The maximum atomic E-state index is 12.2. The highest BCUT2D eigenvalue weighted by molar-refractivity contribution is 6.01. The van der Waals surface area contributed by atoms with Gasteiger partial charge in [-0.25, -0.2) is 0 Å². The first-order chi connectivity index (χ1) is 10.6. The molecule has 22 heavy (non-hydrogen) atoms. The number of aliphatic imine (C=N–C) groups is 1. The van der Waals surface area contributed by atoms with Gasteiger partial charge in [0.25, 0.3) is 11.9 Å². The molecule has 1 aromatic carbocycles. The molecule has 1 aromatic rings. The van der Waals surface area contributed by atoms with Crippen molar-refractivity contribution in [1.82, 2.24) is 4.90 Å². The Morgan fingerprint density at radius 1 is 1.18 bits per heavy atom. The minimum atomic E-state index is -0.352. The number of benzene rings is 1. The number of carbonyl (C=O) groups excluding carboxylic acids is 1. The average Bonchev–Trinajstić information content (AvgIpc) is 2.56. The number of methoxy groups -OCH3 is 1. The Hall–Kier alpha value is -2.08. The molecule has 0 saturated carbocycles.